The number of hydrogen-bond acceptors (Lipinski definition) is 4. The lowest BCUT2D eigenvalue weighted by Crippen LogP contribution is -2.44. The van der Waals surface area contributed by atoms with Gasteiger partial charge >= 0.3 is 6.18 Å². The van der Waals surface area contributed by atoms with Gasteiger partial charge < -0.3 is 15.5 Å². The molecule has 6 nitrogen and oxygen atoms in total. The van der Waals surface area contributed by atoms with Gasteiger partial charge in [0, 0.05) is 18.6 Å². The third kappa shape index (κ3) is 4.21. The molecule has 2 amide bonds. The summed E-state index contributed by atoms with van der Waals surface area (Å²) >= 11 is 0. The largest absolute Gasteiger partial charge is 0.433 e. The lowest BCUT2D eigenvalue weighted by molar-refractivity contribution is -0.141. The predicted molar refractivity (Wildman–Crippen MR) is 85.3 cm³/mol. The van der Waals surface area contributed by atoms with Gasteiger partial charge in [0.25, 0.3) is 5.91 Å². The van der Waals surface area contributed by atoms with Gasteiger partial charge in [0.1, 0.15) is 11.4 Å². The fourth-order valence-electron chi connectivity index (χ4n) is 3.24. The third-order valence-corrected chi connectivity index (χ3v) is 4.39. The third-order valence-electron chi connectivity index (χ3n) is 4.39. The molecule has 0 spiro atoms. The predicted octanol–water partition coefficient (Wildman–Crippen LogP) is 1.21. The molecule has 3 rings (SSSR count). The van der Waals surface area contributed by atoms with E-state index in [1.807, 2.05) is 0 Å². The quantitative estimate of drug-likeness (QED) is 0.829. The summed E-state index contributed by atoms with van der Waals surface area (Å²) < 4.78 is 37.8. The Kier molecular flexibility index (Phi) is 5.89. The van der Waals surface area contributed by atoms with Gasteiger partial charge in [-0.3, -0.25) is 9.59 Å². The summed E-state index contributed by atoms with van der Waals surface area (Å²) in [5, 5.41) is 5.67. The van der Waals surface area contributed by atoms with Crippen LogP contribution in [0.2, 0.25) is 0 Å². The number of fused-ring (bicyclic) bond motifs is 1. The number of likely N-dealkylation sites (tertiary alicyclic amines) is 1. The summed E-state index contributed by atoms with van der Waals surface area (Å²) in [4.78, 5) is 29.2. The molecule has 2 N–H and O–H groups in total. The average molecular weight is 379 g/mol. The minimum absolute atomic E-state index is 0. The van der Waals surface area contributed by atoms with Gasteiger partial charge in [-0.2, -0.15) is 13.2 Å². The maximum Gasteiger partial charge on any atom is 0.433 e. The first-order chi connectivity index (χ1) is 11.4. The summed E-state index contributed by atoms with van der Waals surface area (Å²) in [6, 6.07) is 3.53. The Balaban J connectivity index is 0.00000225. The molecule has 2 aliphatic rings. The Morgan fingerprint density at radius 3 is 2.80 bits per heavy atom. The van der Waals surface area contributed by atoms with E-state index in [-0.39, 0.29) is 36.6 Å². The first-order valence-corrected chi connectivity index (χ1v) is 7.71. The van der Waals surface area contributed by atoms with Crippen molar-refractivity contribution in [3.63, 3.8) is 0 Å². The van der Waals surface area contributed by atoms with E-state index < -0.39 is 17.8 Å². The standard InChI is InChI=1S/C15H17F3N4O2.ClH/c16-15(17,18)12-3-1-2-10(21-12)14(24)20-8-13(23)22-7-5-9-11(22)4-6-19-9;/h1-3,9,11,19H,4-8H2,(H,20,24);1H. The van der Waals surface area contributed by atoms with Gasteiger partial charge in [0.15, 0.2) is 0 Å². The van der Waals surface area contributed by atoms with Crippen molar-refractivity contribution >= 4 is 24.2 Å². The molecule has 10 heteroatoms. The van der Waals surface area contributed by atoms with Crippen molar-refractivity contribution in [1.29, 1.82) is 0 Å². The van der Waals surface area contributed by atoms with Crippen LogP contribution >= 0.6 is 12.4 Å². The van der Waals surface area contributed by atoms with E-state index in [2.05, 4.69) is 15.6 Å². The summed E-state index contributed by atoms with van der Waals surface area (Å²) in [6.07, 6.45) is -2.87. The first kappa shape index (κ1) is 19.5. The van der Waals surface area contributed by atoms with Crippen molar-refractivity contribution in [3.05, 3.63) is 29.6 Å². The Hall–Kier alpha value is -1.87. The van der Waals surface area contributed by atoms with Crippen molar-refractivity contribution < 1.29 is 22.8 Å². The van der Waals surface area contributed by atoms with Gasteiger partial charge in [0.2, 0.25) is 5.91 Å². The van der Waals surface area contributed by atoms with E-state index in [0.717, 1.165) is 31.5 Å². The van der Waals surface area contributed by atoms with E-state index in [1.54, 1.807) is 4.90 Å². The number of halogens is 4. The summed E-state index contributed by atoms with van der Waals surface area (Å²) in [5.41, 5.74) is -1.50. The Bertz CT molecular complexity index is 656. The van der Waals surface area contributed by atoms with Crippen LogP contribution in [0.1, 0.15) is 29.0 Å². The molecule has 0 aromatic carbocycles. The van der Waals surface area contributed by atoms with E-state index in [4.69, 9.17) is 0 Å². The van der Waals surface area contributed by atoms with Crippen LogP contribution in [-0.4, -0.2) is 53.4 Å². The number of carbonyl (C=O) groups excluding carboxylic acids is 2. The Labute approximate surface area is 148 Å². The van der Waals surface area contributed by atoms with Crippen molar-refractivity contribution in [2.75, 3.05) is 19.6 Å². The second kappa shape index (κ2) is 7.57. The molecule has 2 unspecified atom stereocenters. The molecule has 25 heavy (non-hydrogen) atoms. The number of pyridine rings is 1. The molecule has 1 aromatic rings. The molecule has 2 aliphatic heterocycles. The molecule has 1 aromatic heterocycles. The topological polar surface area (TPSA) is 74.3 Å². The van der Waals surface area contributed by atoms with Crippen LogP contribution in [0, 0.1) is 0 Å². The van der Waals surface area contributed by atoms with Gasteiger partial charge in [-0.25, -0.2) is 4.98 Å². The van der Waals surface area contributed by atoms with E-state index in [0.29, 0.717) is 12.6 Å². The fourth-order valence-corrected chi connectivity index (χ4v) is 3.24. The smallest absolute Gasteiger partial charge is 0.342 e. The molecule has 2 atom stereocenters. The highest BCUT2D eigenvalue weighted by Crippen LogP contribution is 2.27. The van der Waals surface area contributed by atoms with E-state index >= 15 is 0 Å². The van der Waals surface area contributed by atoms with Gasteiger partial charge in [0.05, 0.1) is 6.54 Å². The maximum atomic E-state index is 12.6. The Morgan fingerprint density at radius 2 is 2.08 bits per heavy atom. The monoisotopic (exact) mass is 378 g/mol. The van der Waals surface area contributed by atoms with Crippen molar-refractivity contribution in [3.8, 4) is 0 Å². The highest BCUT2D eigenvalue weighted by atomic mass is 35.5. The van der Waals surface area contributed by atoms with Gasteiger partial charge in [-0.1, -0.05) is 6.07 Å². The number of alkyl halides is 3. The molecule has 3 heterocycles. The number of rotatable bonds is 3. The number of aromatic nitrogens is 1. The van der Waals surface area contributed by atoms with E-state index in [9.17, 15) is 22.8 Å². The number of carbonyl (C=O) groups is 2. The molecule has 2 saturated heterocycles. The van der Waals surface area contributed by atoms with Crippen molar-refractivity contribution in [2.24, 2.45) is 0 Å². The number of nitrogens with zero attached hydrogens (tertiary/aromatic N) is 2. The van der Waals surface area contributed by atoms with Gasteiger partial charge in [-0.15, -0.1) is 12.4 Å². The molecule has 0 aliphatic carbocycles. The fraction of sp³-hybridized carbons (Fsp3) is 0.533. The lowest BCUT2D eigenvalue weighted by atomic mass is 10.1. The van der Waals surface area contributed by atoms with Crippen molar-refractivity contribution in [2.45, 2.75) is 31.1 Å². The number of amides is 2. The van der Waals surface area contributed by atoms with Crippen LogP contribution in [0.3, 0.4) is 0 Å². The molecular weight excluding hydrogens is 361 g/mol. The zero-order valence-corrected chi connectivity index (χ0v) is 14.0. The average Bonchev–Trinajstić information content (AvgIpc) is 3.14. The number of nitrogens with one attached hydrogen (secondary N) is 2. The van der Waals surface area contributed by atoms with E-state index in [1.165, 1.54) is 6.07 Å². The zero-order chi connectivity index (χ0) is 17.3. The van der Waals surface area contributed by atoms with Crippen LogP contribution in [0.15, 0.2) is 18.2 Å². The summed E-state index contributed by atoms with van der Waals surface area (Å²) in [6.45, 7) is 1.23. The second-order valence-corrected chi connectivity index (χ2v) is 5.88. The molecular formula is C15H18ClF3N4O2. The summed E-state index contributed by atoms with van der Waals surface area (Å²) in [7, 11) is 0. The van der Waals surface area contributed by atoms with Crippen LogP contribution in [-0.2, 0) is 11.0 Å². The number of hydrogen-bond donors (Lipinski definition) is 2. The Morgan fingerprint density at radius 1 is 1.32 bits per heavy atom. The van der Waals surface area contributed by atoms with Crippen LogP contribution in [0.25, 0.3) is 0 Å². The highest BCUT2D eigenvalue weighted by molar-refractivity contribution is 5.95. The molecule has 0 saturated carbocycles. The summed E-state index contributed by atoms with van der Waals surface area (Å²) in [5.74, 6) is -1.03. The van der Waals surface area contributed by atoms with Crippen LogP contribution < -0.4 is 10.6 Å². The van der Waals surface area contributed by atoms with Crippen LogP contribution in [0.5, 0.6) is 0 Å². The lowest BCUT2D eigenvalue weighted by Gasteiger charge is -2.23. The SMILES string of the molecule is Cl.O=C(NCC(=O)N1CCC2NCCC21)c1cccc(C(F)(F)F)n1. The highest BCUT2D eigenvalue weighted by Gasteiger charge is 2.39. The molecule has 2 fully saturated rings. The maximum absolute atomic E-state index is 12.6. The zero-order valence-electron chi connectivity index (χ0n) is 13.2. The minimum Gasteiger partial charge on any atom is -0.342 e. The van der Waals surface area contributed by atoms with Crippen molar-refractivity contribution in [1.82, 2.24) is 20.5 Å². The first-order valence-electron chi connectivity index (χ1n) is 7.71. The minimum atomic E-state index is -4.62. The van der Waals surface area contributed by atoms with Crippen LogP contribution in [0.4, 0.5) is 13.2 Å². The normalized spacial score (nSPS) is 22.3. The van der Waals surface area contributed by atoms with Gasteiger partial charge in [-0.05, 0) is 31.5 Å². The molecule has 138 valence electrons. The molecule has 0 radical (unpaired) electrons. The second-order valence-electron chi connectivity index (χ2n) is 5.88. The molecule has 0 bridgehead atoms.